The van der Waals surface area contributed by atoms with Crippen LogP contribution in [-0.4, -0.2) is 11.2 Å². The highest BCUT2D eigenvalue weighted by molar-refractivity contribution is 5.00. The first-order chi connectivity index (χ1) is 7.12. The van der Waals surface area contributed by atoms with Gasteiger partial charge < -0.3 is 5.11 Å². The van der Waals surface area contributed by atoms with Gasteiger partial charge in [0.1, 0.15) is 0 Å². The van der Waals surface area contributed by atoms with Gasteiger partial charge in [-0.25, -0.2) is 0 Å². The molecule has 0 aromatic rings. The predicted octanol–water partition coefficient (Wildman–Crippen LogP) is 3.26. The number of nitriles is 1. The summed E-state index contributed by atoms with van der Waals surface area (Å²) in [5.74, 6) is 0.646. The number of rotatable bonds is 4. The van der Waals surface area contributed by atoms with Crippen LogP contribution >= 0.6 is 0 Å². The molecule has 2 heteroatoms. The molecule has 1 rings (SSSR count). The van der Waals surface area contributed by atoms with Crippen molar-refractivity contribution < 1.29 is 5.11 Å². The van der Waals surface area contributed by atoms with E-state index in [1.807, 2.05) is 13.8 Å². The van der Waals surface area contributed by atoms with Crippen LogP contribution in [0.15, 0.2) is 0 Å². The zero-order valence-electron chi connectivity index (χ0n) is 10.00. The van der Waals surface area contributed by atoms with E-state index in [0.717, 1.165) is 12.8 Å². The summed E-state index contributed by atoms with van der Waals surface area (Å²) in [5, 5.41) is 19.2. The maximum Gasteiger partial charge on any atom is 0.0801 e. The molecule has 0 heterocycles. The third kappa shape index (κ3) is 3.21. The van der Waals surface area contributed by atoms with Gasteiger partial charge in [0.05, 0.1) is 17.6 Å². The number of nitrogens with zero attached hydrogens (tertiary/aromatic N) is 1. The Hall–Kier alpha value is -0.550. The largest absolute Gasteiger partial charge is 0.391 e. The van der Waals surface area contributed by atoms with E-state index in [0.29, 0.717) is 5.92 Å². The van der Waals surface area contributed by atoms with E-state index >= 15 is 0 Å². The first kappa shape index (κ1) is 12.5. The number of hydrogen-bond donors (Lipinski definition) is 1. The molecule has 15 heavy (non-hydrogen) atoms. The third-order valence-corrected chi connectivity index (χ3v) is 4.01. The molecule has 0 amide bonds. The number of hydrogen-bond acceptors (Lipinski definition) is 2. The van der Waals surface area contributed by atoms with E-state index in [4.69, 9.17) is 5.26 Å². The fraction of sp³-hybridized carbons (Fsp3) is 0.923. The van der Waals surface area contributed by atoms with E-state index in [1.54, 1.807) is 0 Å². The molecule has 86 valence electrons. The first-order valence-electron chi connectivity index (χ1n) is 6.21. The lowest BCUT2D eigenvalue weighted by atomic mass is 9.76. The van der Waals surface area contributed by atoms with Crippen LogP contribution in [0.1, 0.15) is 58.8 Å². The van der Waals surface area contributed by atoms with Crippen molar-refractivity contribution >= 4 is 0 Å². The normalized spacial score (nSPS) is 24.1. The standard InChI is InChI=1S/C13H23NO/c1-3-13(2,10-14)12(15)9-11-7-5-4-6-8-11/h11-12,15H,3-9H2,1-2H3. The van der Waals surface area contributed by atoms with Crippen molar-refractivity contribution in [2.45, 2.75) is 64.9 Å². The number of aliphatic hydroxyl groups is 1. The van der Waals surface area contributed by atoms with E-state index in [9.17, 15) is 5.11 Å². The molecule has 1 aliphatic carbocycles. The minimum absolute atomic E-state index is 0.449. The van der Waals surface area contributed by atoms with Crippen molar-refractivity contribution in [1.29, 1.82) is 5.26 Å². The molecule has 0 radical (unpaired) electrons. The van der Waals surface area contributed by atoms with Crippen LogP contribution in [0.25, 0.3) is 0 Å². The zero-order valence-corrected chi connectivity index (χ0v) is 10.00. The molecule has 1 N–H and O–H groups in total. The minimum Gasteiger partial charge on any atom is -0.391 e. The van der Waals surface area contributed by atoms with E-state index < -0.39 is 11.5 Å². The Morgan fingerprint density at radius 3 is 2.47 bits per heavy atom. The summed E-state index contributed by atoms with van der Waals surface area (Å²) in [6, 6.07) is 2.27. The summed E-state index contributed by atoms with van der Waals surface area (Å²) < 4.78 is 0. The minimum atomic E-state index is -0.544. The molecular weight excluding hydrogens is 186 g/mol. The van der Waals surface area contributed by atoms with Crippen LogP contribution in [0.3, 0.4) is 0 Å². The van der Waals surface area contributed by atoms with Gasteiger partial charge >= 0.3 is 0 Å². The van der Waals surface area contributed by atoms with Crippen molar-refractivity contribution in [3.8, 4) is 6.07 Å². The van der Waals surface area contributed by atoms with Crippen molar-refractivity contribution in [2.24, 2.45) is 11.3 Å². The molecule has 1 saturated carbocycles. The monoisotopic (exact) mass is 209 g/mol. The van der Waals surface area contributed by atoms with Gasteiger partial charge in [0.15, 0.2) is 0 Å². The van der Waals surface area contributed by atoms with E-state index in [-0.39, 0.29) is 0 Å². The average molecular weight is 209 g/mol. The molecule has 2 atom stereocenters. The average Bonchev–Trinajstić information content (AvgIpc) is 2.29. The molecule has 2 unspecified atom stereocenters. The highest BCUT2D eigenvalue weighted by Gasteiger charge is 2.33. The van der Waals surface area contributed by atoms with Gasteiger partial charge in [0.2, 0.25) is 0 Å². The van der Waals surface area contributed by atoms with E-state index in [1.165, 1.54) is 32.1 Å². The lowest BCUT2D eigenvalue weighted by Gasteiger charge is -2.31. The Bertz CT molecular complexity index is 227. The summed E-state index contributed by atoms with van der Waals surface area (Å²) in [7, 11) is 0. The van der Waals surface area contributed by atoms with Crippen LogP contribution < -0.4 is 0 Å². The molecule has 0 bridgehead atoms. The first-order valence-corrected chi connectivity index (χ1v) is 6.21. The van der Waals surface area contributed by atoms with Gasteiger partial charge in [-0.3, -0.25) is 0 Å². The van der Waals surface area contributed by atoms with Crippen molar-refractivity contribution in [1.82, 2.24) is 0 Å². The molecule has 0 aliphatic heterocycles. The second-order valence-corrected chi connectivity index (χ2v) is 5.14. The van der Waals surface area contributed by atoms with Crippen molar-refractivity contribution in [2.75, 3.05) is 0 Å². The molecule has 0 spiro atoms. The van der Waals surface area contributed by atoms with Crippen LogP contribution in [0, 0.1) is 22.7 Å². The summed E-state index contributed by atoms with van der Waals surface area (Å²) in [4.78, 5) is 0. The van der Waals surface area contributed by atoms with Crippen LogP contribution in [0.2, 0.25) is 0 Å². The smallest absolute Gasteiger partial charge is 0.0801 e. The fourth-order valence-electron chi connectivity index (χ4n) is 2.39. The Labute approximate surface area is 93.3 Å². The second-order valence-electron chi connectivity index (χ2n) is 5.14. The Morgan fingerprint density at radius 1 is 1.40 bits per heavy atom. The van der Waals surface area contributed by atoms with Gasteiger partial charge in [-0.15, -0.1) is 0 Å². The summed E-state index contributed by atoms with van der Waals surface area (Å²) in [6.07, 6.45) is 7.52. The van der Waals surface area contributed by atoms with Gasteiger partial charge in [-0.2, -0.15) is 5.26 Å². The fourth-order valence-corrected chi connectivity index (χ4v) is 2.39. The van der Waals surface area contributed by atoms with Crippen molar-refractivity contribution in [3.05, 3.63) is 0 Å². The Kier molecular flexibility index (Phi) is 4.60. The summed E-state index contributed by atoms with van der Waals surface area (Å²) in [6.45, 7) is 3.85. The SMILES string of the molecule is CCC(C)(C#N)C(O)CC1CCCCC1. The van der Waals surface area contributed by atoms with Crippen LogP contribution in [-0.2, 0) is 0 Å². The molecule has 2 nitrogen and oxygen atoms in total. The quantitative estimate of drug-likeness (QED) is 0.772. The highest BCUT2D eigenvalue weighted by Crippen LogP contribution is 2.34. The maximum atomic E-state index is 10.1. The summed E-state index contributed by atoms with van der Waals surface area (Å²) >= 11 is 0. The van der Waals surface area contributed by atoms with Crippen LogP contribution in [0.4, 0.5) is 0 Å². The van der Waals surface area contributed by atoms with Crippen molar-refractivity contribution in [3.63, 3.8) is 0 Å². The van der Waals surface area contributed by atoms with E-state index in [2.05, 4.69) is 6.07 Å². The van der Waals surface area contributed by atoms with Gasteiger partial charge in [-0.05, 0) is 25.7 Å². The topological polar surface area (TPSA) is 44.0 Å². The number of aliphatic hydroxyl groups excluding tert-OH is 1. The second kappa shape index (κ2) is 5.51. The lowest BCUT2D eigenvalue weighted by Crippen LogP contribution is -2.32. The molecule has 1 fully saturated rings. The zero-order chi connectivity index (χ0) is 11.3. The molecule has 1 aliphatic rings. The summed E-state index contributed by atoms with van der Waals surface area (Å²) in [5.41, 5.74) is -0.544. The van der Waals surface area contributed by atoms with Crippen LogP contribution in [0.5, 0.6) is 0 Å². The molecule has 0 aromatic heterocycles. The molecule has 0 saturated heterocycles. The Morgan fingerprint density at radius 2 is 2.00 bits per heavy atom. The van der Waals surface area contributed by atoms with Gasteiger partial charge in [0.25, 0.3) is 0 Å². The Balaban J connectivity index is 2.46. The highest BCUT2D eigenvalue weighted by atomic mass is 16.3. The predicted molar refractivity (Wildman–Crippen MR) is 61.2 cm³/mol. The maximum absolute atomic E-state index is 10.1. The lowest BCUT2D eigenvalue weighted by molar-refractivity contribution is 0.0440. The third-order valence-electron chi connectivity index (χ3n) is 4.01. The van der Waals surface area contributed by atoms with Gasteiger partial charge in [-0.1, -0.05) is 39.0 Å². The molecule has 0 aromatic carbocycles. The van der Waals surface area contributed by atoms with Gasteiger partial charge in [0, 0.05) is 0 Å². The molecular formula is C13H23NO.